The summed E-state index contributed by atoms with van der Waals surface area (Å²) >= 11 is 5.70. The zero-order valence-electron chi connectivity index (χ0n) is 6.79. The van der Waals surface area contributed by atoms with E-state index in [1.807, 2.05) is 19.1 Å². The second kappa shape index (κ2) is 4.12. The zero-order valence-corrected chi connectivity index (χ0v) is 7.54. The van der Waals surface area contributed by atoms with Gasteiger partial charge in [0.1, 0.15) is 0 Å². The first kappa shape index (κ1) is 9.07. The second-order valence-electron chi connectivity index (χ2n) is 2.41. The summed E-state index contributed by atoms with van der Waals surface area (Å²) in [4.78, 5) is 0. The maximum absolute atomic E-state index is 8.60. The number of hydrogen-bond acceptors (Lipinski definition) is 2. The molecule has 1 N–H and O–H groups in total. The highest BCUT2D eigenvalue weighted by molar-refractivity contribution is 6.30. The molecule has 0 aromatic heterocycles. The van der Waals surface area contributed by atoms with Crippen molar-refractivity contribution in [3.05, 3.63) is 34.9 Å². The van der Waals surface area contributed by atoms with Crippen molar-refractivity contribution < 1.29 is 5.21 Å². The van der Waals surface area contributed by atoms with Gasteiger partial charge in [0.05, 0.1) is 5.71 Å². The molecule has 0 spiro atoms. The summed E-state index contributed by atoms with van der Waals surface area (Å²) in [7, 11) is 0. The molecule has 2 nitrogen and oxygen atoms in total. The van der Waals surface area contributed by atoms with Gasteiger partial charge in [-0.2, -0.15) is 0 Å². The normalized spacial score (nSPS) is 11.7. The van der Waals surface area contributed by atoms with Crippen LogP contribution in [0.1, 0.15) is 18.9 Å². The van der Waals surface area contributed by atoms with Crippen molar-refractivity contribution in [2.45, 2.75) is 13.3 Å². The van der Waals surface area contributed by atoms with Crippen molar-refractivity contribution in [1.82, 2.24) is 0 Å². The number of rotatable bonds is 2. The summed E-state index contributed by atoms with van der Waals surface area (Å²) in [6.07, 6.45) is 0.706. The molecular formula is C9H10ClNO. The molecule has 0 aliphatic heterocycles. The molecule has 0 fully saturated rings. The predicted molar refractivity (Wildman–Crippen MR) is 50.1 cm³/mol. The average molecular weight is 184 g/mol. The van der Waals surface area contributed by atoms with Crippen molar-refractivity contribution in [1.29, 1.82) is 0 Å². The molecule has 0 amide bonds. The topological polar surface area (TPSA) is 32.6 Å². The molecule has 0 bridgehead atoms. The molecule has 0 saturated carbocycles. The molecule has 0 radical (unpaired) electrons. The van der Waals surface area contributed by atoms with Gasteiger partial charge in [-0.15, -0.1) is 0 Å². The number of oxime groups is 1. The van der Waals surface area contributed by atoms with Gasteiger partial charge in [-0.1, -0.05) is 35.8 Å². The number of benzene rings is 1. The third kappa shape index (κ3) is 1.98. The summed E-state index contributed by atoms with van der Waals surface area (Å²) in [5.41, 5.74) is 1.58. The minimum atomic E-state index is 0.673. The van der Waals surface area contributed by atoms with Gasteiger partial charge in [-0.25, -0.2) is 0 Å². The van der Waals surface area contributed by atoms with E-state index in [2.05, 4.69) is 5.16 Å². The van der Waals surface area contributed by atoms with Gasteiger partial charge in [0.15, 0.2) is 0 Å². The van der Waals surface area contributed by atoms with E-state index in [0.717, 1.165) is 5.56 Å². The van der Waals surface area contributed by atoms with Crippen LogP contribution in [0, 0.1) is 0 Å². The first-order valence-corrected chi connectivity index (χ1v) is 4.12. The first-order chi connectivity index (χ1) is 5.77. The van der Waals surface area contributed by atoms with Crippen molar-refractivity contribution in [3.8, 4) is 0 Å². The first-order valence-electron chi connectivity index (χ1n) is 3.74. The van der Waals surface area contributed by atoms with Crippen LogP contribution in [0.4, 0.5) is 0 Å². The van der Waals surface area contributed by atoms with Gasteiger partial charge >= 0.3 is 0 Å². The van der Waals surface area contributed by atoms with Crippen LogP contribution in [0.5, 0.6) is 0 Å². The van der Waals surface area contributed by atoms with E-state index in [1.54, 1.807) is 12.1 Å². The van der Waals surface area contributed by atoms with E-state index in [4.69, 9.17) is 16.8 Å². The SMILES string of the molecule is CC/C(=N/O)c1ccc(Cl)cc1. The Labute approximate surface area is 76.5 Å². The zero-order chi connectivity index (χ0) is 8.97. The highest BCUT2D eigenvalue weighted by atomic mass is 35.5. The van der Waals surface area contributed by atoms with Crippen LogP contribution in [-0.4, -0.2) is 10.9 Å². The molecule has 0 atom stereocenters. The molecule has 1 rings (SSSR count). The van der Waals surface area contributed by atoms with E-state index in [9.17, 15) is 0 Å². The molecule has 0 heterocycles. The molecule has 1 aromatic rings. The Morgan fingerprint density at radius 3 is 2.42 bits per heavy atom. The van der Waals surface area contributed by atoms with E-state index in [0.29, 0.717) is 17.2 Å². The van der Waals surface area contributed by atoms with Crippen molar-refractivity contribution in [2.75, 3.05) is 0 Å². The van der Waals surface area contributed by atoms with Gasteiger partial charge in [-0.05, 0) is 24.1 Å². The average Bonchev–Trinajstić information content (AvgIpc) is 2.10. The monoisotopic (exact) mass is 183 g/mol. The maximum atomic E-state index is 8.60. The van der Waals surface area contributed by atoms with Crippen molar-refractivity contribution in [2.24, 2.45) is 5.16 Å². The van der Waals surface area contributed by atoms with Gasteiger partial charge in [0.25, 0.3) is 0 Å². The van der Waals surface area contributed by atoms with Crippen molar-refractivity contribution in [3.63, 3.8) is 0 Å². The van der Waals surface area contributed by atoms with Crippen LogP contribution in [0.15, 0.2) is 29.4 Å². The summed E-state index contributed by atoms with van der Waals surface area (Å²) < 4.78 is 0. The highest BCUT2D eigenvalue weighted by Gasteiger charge is 1.99. The second-order valence-corrected chi connectivity index (χ2v) is 2.84. The van der Waals surface area contributed by atoms with E-state index >= 15 is 0 Å². The fourth-order valence-electron chi connectivity index (χ4n) is 0.975. The summed E-state index contributed by atoms with van der Waals surface area (Å²) in [5.74, 6) is 0. The minimum absolute atomic E-state index is 0.673. The summed E-state index contributed by atoms with van der Waals surface area (Å²) in [6, 6.07) is 7.22. The molecule has 0 aliphatic carbocycles. The van der Waals surface area contributed by atoms with Crippen LogP contribution >= 0.6 is 11.6 Å². The fourth-order valence-corrected chi connectivity index (χ4v) is 1.10. The molecule has 0 aliphatic rings. The largest absolute Gasteiger partial charge is 0.411 e. The highest BCUT2D eigenvalue weighted by Crippen LogP contribution is 2.11. The molecule has 12 heavy (non-hydrogen) atoms. The third-order valence-electron chi connectivity index (χ3n) is 1.63. The Hall–Kier alpha value is -1.02. The standard InChI is InChI=1S/C9H10ClNO/c1-2-9(11-12)7-3-5-8(10)6-4-7/h3-6,12H,2H2,1H3/b11-9-. The van der Waals surface area contributed by atoms with Gasteiger partial charge in [0, 0.05) is 5.02 Å². The summed E-state index contributed by atoms with van der Waals surface area (Å²) in [5, 5.41) is 12.5. The molecule has 3 heteroatoms. The third-order valence-corrected chi connectivity index (χ3v) is 1.89. The van der Waals surface area contributed by atoms with E-state index in [1.165, 1.54) is 0 Å². The van der Waals surface area contributed by atoms with Gasteiger partial charge < -0.3 is 5.21 Å². The lowest BCUT2D eigenvalue weighted by molar-refractivity contribution is 0.318. The Kier molecular flexibility index (Phi) is 3.11. The van der Waals surface area contributed by atoms with Crippen molar-refractivity contribution >= 4 is 17.3 Å². The summed E-state index contributed by atoms with van der Waals surface area (Å²) in [6.45, 7) is 1.93. The minimum Gasteiger partial charge on any atom is -0.411 e. The van der Waals surface area contributed by atoms with Crippen LogP contribution in [-0.2, 0) is 0 Å². The van der Waals surface area contributed by atoms with Crippen LogP contribution in [0.25, 0.3) is 0 Å². The predicted octanol–water partition coefficient (Wildman–Crippen LogP) is 2.93. The Bertz CT molecular complexity index is 279. The van der Waals surface area contributed by atoms with E-state index < -0.39 is 0 Å². The fraction of sp³-hybridized carbons (Fsp3) is 0.222. The molecular weight excluding hydrogens is 174 g/mol. The van der Waals surface area contributed by atoms with Crippen LogP contribution < -0.4 is 0 Å². The molecule has 0 saturated heterocycles. The van der Waals surface area contributed by atoms with Gasteiger partial charge in [-0.3, -0.25) is 0 Å². The molecule has 1 aromatic carbocycles. The van der Waals surface area contributed by atoms with E-state index in [-0.39, 0.29) is 0 Å². The van der Waals surface area contributed by atoms with Gasteiger partial charge in [0.2, 0.25) is 0 Å². The maximum Gasteiger partial charge on any atom is 0.0865 e. The Balaban J connectivity index is 2.96. The number of nitrogens with zero attached hydrogens (tertiary/aromatic N) is 1. The quantitative estimate of drug-likeness (QED) is 0.427. The Morgan fingerprint density at radius 2 is 2.00 bits per heavy atom. The number of halogens is 1. The molecule has 0 unspecified atom stereocenters. The Morgan fingerprint density at radius 1 is 1.42 bits per heavy atom. The molecule has 64 valence electrons. The van der Waals surface area contributed by atoms with Crippen LogP contribution in [0.3, 0.4) is 0 Å². The number of hydrogen-bond donors (Lipinski definition) is 1. The smallest absolute Gasteiger partial charge is 0.0865 e. The van der Waals surface area contributed by atoms with Crippen LogP contribution in [0.2, 0.25) is 5.02 Å². The lowest BCUT2D eigenvalue weighted by atomic mass is 10.1. The lowest BCUT2D eigenvalue weighted by Gasteiger charge is -2.00. The lowest BCUT2D eigenvalue weighted by Crippen LogP contribution is -1.97.